The van der Waals surface area contributed by atoms with E-state index in [1.165, 1.54) is 19.3 Å². The molecule has 0 spiro atoms. The molecule has 0 aromatic heterocycles. The van der Waals surface area contributed by atoms with Crippen LogP contribution in [0.4, 0.5) is 5.69 Å². The van der Waals surface area contributed by atoms with Gasteiger partial charge >= 0.3 is 0 Å². The zero-order chi connectivity index (χ0) is 13.2. The van der Waals surface area contributed by atoms with Crippen LogP contribution in [0, 0.1) is 5.41 Å². The van der Waals surface area contributed by atoms with Crippen LogP contribution in [0.2, 0.25) is 5.02 Å². The Hall–Kier alpha value is -1.22. The van der Waals surface area contributed by atoms with Crippen molar-refractivity contribution in [3.63, 3.8) is 0 Å². The number of anilines is 1. The summed E-state index contributed by atoms with van der Waals surface area (Å²) < 4.78 is 0. The van der Waals surface area contributed by atoms with Crippen molar-refractivity contribution in [2.75, 3.05) is 12.3 Å². The second kappa shape index (κ2) is 5.19. The number of hydrogen-bond acceptors (Lipinski definition) is 2. The third kappa shape index (κ3) is 2.78. The Morgan fingerprint density at radius 3 is 2.67 bits per heavy atom. The quantitative estimate of drug-likeness (QED) is 0.822. The lowest BCUT2D eigenvalue weighted by Crippen LogP contribution is -2.41. The van der Waals surface area contributed by atoms with Crippen molar-refractivity contribution in [3.05, 3.63) is 28.8 Å². The van der Waals surface area contributed by atoms with E-state index < -0.39 is 0 Å². The van der Waals surface area contributed by atoms with Crippen molar-refractivity contribution in [1.29, 1.82) is 0 Å². The van der Waals surface area contributed by atoms with E-state index >= 15 is 0 Å². The molecule has 1 saturated carbocycles. The highest BCUT2D eigenvalue weighted by Gasteiger charge is 2.35. The Morgan fingerprint density at radius 2 is 2.17 bits per heavy atom. The Kier molecular flexibility index (Phi) is 3.81. The van der Waals surface area contributed by atoms with Gasteiger partial charge in [0.1, 0.15) is 0 Å². The fraction of sp³-hybridized carbons (Fsp3) is 0.500. The van der Waals surface area contributed by atoms with Gasteiger partial charge in [-0.05, 0) is 42.9 Å². The van der Waals surface area contributed by atoms with Crippen molar-refractivity contribution in [1.82, 2.24) is 5.32 Å². The van der Waals surface area contributed by atoms with Gasteiger partial charge in [0, 0.05) is 22.8 Å². The molecule has 18 heavy (non-hydrogen) atoms. The first-order valence-electron chi connectivity index (χ1n) is 6.39. The molecular weight excluding hydrogens is 248 g/mol. The second-order valence-corrected chi connectivity index (χ2v) is 5.60. The standard InChI is InChI=1S/C14H19ClN2O/c1-2-14(4-3-5-14)9-17-13(18)10-6-11(15)8-12(16)7-10/h6-8H,2-5,9,16H2,1H3,(H,17,18). The van der Waals surface area contributed by atoms with Gasteiger partial charge in [0.15, 0.2) is 0 Å². The van der Waals surface area contributed by atoms with Crippen LogP contribution >= 0.6 is 11.6 Å². The highest BCUT2D eigenvalue weighted by atomic mass is 35.5. The summed E-state index contributed by atoms with van der Waals surface area (Å²) >= 11 is 5.89. The molecule has 0 heterocycles. The molecule has 4 heteroatoms. The number of carbonyl (C=O) groups excluding carboxylic acids is 1. The number of nitrogens with one attached hydrogen (secondary N) is 1. The number of hydrogen-bond donors (Lipinski definition) is 2. The molecule has 3 N–H and O–H groups in total. The van der Waals surface area contributed by atoms with Gasteiger partial charge in [-0.1, -0.05) is 24.9 Å². The number of amides is 1. The van der Waals surface area contributed by atoms with Crippen LogP contribution in [0.1, 0.15) is 43.0 Å². The van der Waals surface area contributed by atoms with Crippen molar-refractivity contribution < 1.29 is 4.79 Å². The number of nitrogen functional groups attached to an aromatic ring is 1. The van der Waals surface area contributed by atoms with E-state index in [-0.39, 0.29) is 5.91 Å². The lowest BCUT2D eigenvalue weighted by atomic mass is 9.67. The van der Waals surface area contributed by atoms with Gasteiger partial charge in [0.25, 0.3) is 5.91 Å². The molecule has 0 saturated heterocycles. The predicted molar refractivity (Wildman–Crippen MR) is 74.8 cm³/mol. The van der Waals surface area contributed by atoms with E-state index in [1.54, 1.807) is 18.2 Å². The molecule has 0 atom stereocenters. The molecule has 1 amide bonds. The molecule has 98 valence electrons. The van der Waals surface area contributed by atoms with Crippen molar-refractivity contribution in [2.24, 2.45) is 5.41 Å². The van der Waals surface area contributed by atoms with Crippen molar-refractivity contribution in [2.45, 2.75) is 32.6 Å². The highest BCUT2D eigenvalue weighted by Crippen LogP contribution is 2.43. The van der Waals surface area contributed by atoms with Crippen LogP contribution < -0.4 is 11.1 Å². The van der Waals surface area contributed by atoms with Gasteiger partial charge in [0.2, 0.25) is 0 Å². The number of rotatable bonds is 4. The molecule has 0 aliphatic heterocycles. The van der Waals surface area contributed by atoms with Crippen molar-refractivity contribution >= 4 is 23.2 Å². The molecule has 1 aliphatic carbocycles. The van der Waals surface area contributed by atoms with Crippen LogP contribution in [0.25, 0.3) is 0 Å². The molecule has 2 rings (SSSR count). The number of nitrogens with two attached hydrogens (primary N) is 1. The van der Waals surface area contributed by atoms with Crippen LogP contribution in [0.3, 0.4) is 0 Å². The molecule has 0 bridgehead atoms. The molecule has 3 nitrogen and oxygen atoms in total. The zero-order valence-electron chi connectivity index (χ0n) is 10.6. The van der Waals surface area contributed by atoms with Gasteiger partial charge in [-0.25, -0.2) is 0 Å². The summed E-state index contributed by atoms with van der Waals surface area (Å²) in [5.74, 6) is -0.0936. The Morgan fingerprint density at radius 1 is 1.44 bits per heavy atom. The first-order valence-corrected chi connectivity index (χ1v) is 6.77. The summed E-state index contributed by atoms with van der Waals surface area (Å²) in [5, 5.41) is 3.49. The van der Waals surface area contributed by atoms with E-state index in [0.717, 1.165) is 13.0 Å². The maximum absolute atomic E-state index is 12.0. The number of carbonyl (C=O) groups is 1. The Labute approximate surface area is 113 Å². The molecule has 1 aliphatic rings. The summed E-state index contributed by atoms with van der Waals surface area (Å²) in [5.41, 5.74) is 7.05. The molecule has 1 fully saturated rings. The lowest BCUT2D eigenvalue weighted by molar-refractivity contribution is 0.0850. The van der Waals surface area contributed by atoms with E-state index in [2.05, 4.69) is 12.2 Å². The normalized spacial score (nSPS) is 17.0. The fourth-order valence-electron chi connectivity index (χ4n) is 2.45. The maximum Gasteiger partial charge on any atom is 0.251 e. The lowest BCUT2D eigenvalue weighted by Gasteiger charge is -2.41. The topological polar surface area (TPSA) is 55.1 Å². The minimum Gasteiger partial charge on any atom is -0.399 e. The summed E-state index contributed by atoms with van der Waals surface area (Å²) in [6, 6.07) is 4.94. The van der Waals surface area contributed by atoms with Crippen LogP contribution in [-0.4, -0.2) is 12.5 Å². The first kappa shape index (κ1) is 13.2. The summed E-state index contributed by atoms with van der Waals surface area (Å²) in [4.78, 5) is 12.0. The number of benzene rings is 1. The van der Waals surface area contributed by atoms with Gasteiger partial charge in [-0.3, -0.25) is 4.79 Å². The van der Waals surface area contributed by atoms with Gasteiger partial charge in [0.05, 0.1) is 0 Å². The predicted octanol–water partition coefficient (Wildman–Crippen LogP) is 3.23. The third-order valence-electron chi connectivity index (χ3n) is 3.97. The molecule has 0 radical (unpaired) electrons. The monoisotopic (exact) mass is 266 g/mol. The smallest absolute Gasteiger partial charge is 0.251 e. The average molecular weight is 267 g/mol. The van der Waals surface area contributed by atoms with Gasteiger partial charge < -0.3 is 11.1 Å². The minimum absolute atomic E-state index is 0.0936. The summed E-state index contributed by atoms with van der Waals surface area (Å²) in [7, 11) is 0. The molecule has 0 unspecified atom stereocenters. The van der Waals surface area contributed by atoms with Gasteiger partial charge in [-0.2, -0.15) is 0 Å². The molecular formula is C14H19ClN2O. The van der Waals surface area contributed by atoms with Crippen LogP contribution in [0.5, 0.6) is 0 Å². The number of halogens is 1. The summed E-state index contributed by atoms with van der Waals surface area (Å²) in [6.07, 6.45) is 4.81. The highest BCUT2D eigenvalue weighted by molar-refractivity contribution is 6.31. The van der Waals surface area contributed by atoms with Gasteiger partial charge in [-0.15, -0.1) is 0 Å². The largest absolute Gasteiger partial charge is 0.399 e. The van der Waals surface area contributed by atoms with Crippen LogP contribution in [-0.2, 0) is 0 Å². The van der Waals surface area contributed by atoms with Crippen molar-refractivity contribution in [3.8, 4) is 0 Å². The Bertz CT molecular complexity index is 429. The molecule has 1 aromatic carbocycles. The zero-order valence-corrected chi connectivity index (χ0v) is 11.4. The van der Waals surface area contributed by atoms with E-state index in [9.17, 15) is 4.79 Å². The third-order valence-corrected chi connectivity index (χ3v) is 4.19. The SMILES string of the molecule is CCC1(CNC(=O)c2cc(N)cc(Cl)c2)CCC1. The van der Waals surface area contributed by atoms with E-state index in [4.69, 9.17) is 17.3 Å². The fourth-order valence-corrected chi connectivity index (χ4v) is 2.69. The van der Waals surface area contributed by atoms with E-state index in [0.29, 0.717) is 21.7 Å². The first-order chi connectivity index (χ1) is 8.54. The Balaban J connectivity index is 1.99. The second-order valence-electron chi connectivity index (χ2n) is 5.16. The maximum atomic E-state index is 12.0. The van der Waals surface area contributed by atoms with Crippen LogP contribution in [0.15, 0.2) is 18.2 Å². The molecule has 1 aromatic rings. The minimum atomic E-state index is -0.0936. The average Bonchev–Trinajstić information content (AvgIpc) is 2.26. The van der Waals surface area contributed by atoms with E-state index in [1.807, 2.05) is 0 Å². The summed E-state index contributed by atoms with van der Waals surface area (Å²) in [6.45, 7) is 2.93.